The molecule has 2 rings (SSSR count). The van der Waals surface area contributed by atoms with Crippen LogP contribution in [0.5, 0.6) is 17.2 Å². The van der Waals surface area contributed by atoms with E-state index in [1.807, 2.05) is 49.4 Å². The maximum Gasteiger partial charge on any atom is 0.146 e. The fourth-order valence-corrected chi connectivity index (χ4v) is 1.73. The Morgan fingerprint density at radius 3 is 2.18 bits per heavy atom. The largest absolute Gasteiger partial charge is 0.497 e. The molecule has 0 spiro atoms. The van der Waals surface area contributed by atoms with Crippen LogP contribution in [0, 0.1) is 6.92 Å². The average molecular weight is 249 g/mol. The van der Waals surface area contributed by atoms with Crippen LogP contribution in [0.15, 0.2) is 42.5 Å². The van der Waals surface area contributed by atoms with Crippen molar-refractivity contribution < 1.29 is 9.47 Å². The molecule has 0 unspecified atom stereocenters. The molecule has 0 atom stereocenters. The highest BCUT2D eigenvalue weighted by Crippen LogP contribution is 2.30. The maximum absolute atomic E-state index is 6.09. The second kappa shape index (κ2) is 5.11. The van der Waals surface area contributed by atoms with Gasteiger partial charge in [0.25, 0.3) is 0 Å². The van der Waals surface area contributed by atoms with Gasteiger partial charge in [-0.15, -0.1) is 0 Å². The lowest BCUT2D eigenvalue weighted by atomic mass is 10.2. The van der Waals surface area contributed by atoms with Crippen molar-refractivity contribution >= 4 is 11.6 Å². The van der Waals surface area contributed by atoms with Crippen molar-refractivity contribution in [3.8, 4) is 17.2 Å². The summed E-state index contributed by atoms with van der Waals surface area (Å²) in [5.74, 6) is 2.19. The molecule has 0 aromatic heterocycles. The Labute approximate surface area is 106 Å². The van der Waals surface area contributed by atoms with E-state index in [0.717, 1.165) is 17.1 Å². The van der Waals surface area contributed by atoms with Gasteiger partial charge >= 0.3 is 0 Å². The number of methoxy groups -OCH3 is 1. The molecule has 0 radical (unpaired) electrons. The van der Waals surface area contributed by atoms with Gasteiger partial charge in [-0.3, -0.25) is 0 Å². The summed E-state index contributed by atoms with van der Waals surface area (Å²) in [6.07, 6.45) is 0. The lowest BCUT2D eigenvalue weighted by Gasteiger charge is -2.08. The zero-order valence-corrected chi connectivity index (χ0v) is 10.5. The van der Waals surface area contributed by atoms with Gasteiger partial charge in [0.2, 0.25) is 0 Å². The van der Waals surface area contributed by atoms with Gasteiger partial charge in [0.15, 0.2) is 0 Å². The van der Waals surface area contributed by atoms with Gasteiger partial charge in [-0.2, -0.15) is 0 Å². The minimum atomic E-state index is 0.612. The van der Waals surface area contributed by atoms with Crippen molar-refractivity contribution in [2.45, 2.75) is 6.92 Å². The van der Waals surface area contributed by atoms with Gasteiger partial charge in [0.1, 0.15) is 17.2 Å². The first-order chi connectivity index (χ1) is 8.19. The third kappa shape index (κ3) is 2.92. The Kier molecular flexibility index (Phi) is 3.55. The van der Waals surface area contributed by atoms with Gasteiger partial charge in [-0.05, 0) is 48.9 Å². The predicted octanol–water partition coefficient (Wildman–Crippen LogP) is 4.45. The molecular weight excluding hydrogens is 236 g/mol. The Balaban J connectivity index is 2.19. The highest BCUT2D eigenvalue weighted by atomic mass is 35.5. The minimum absolute atomic E-state index is 0.612. The predicted molar refractivity (Wildman–Crippen MR) is 69.3 cm³/mol. The molecule has 17 heavy (non-hydrogen) atoms. The number of benzene rings is 2. The Morgan fingerprint density at radius 1 is 0.941 bits per heavy atom. The number of hydrogen-bond donors (Lipinski definition) is 0. The lowest BCUT2D eigenvalue weighted by Crippen LogP contribution is -1.87. The summed E-state index contributed by atoms with van der Waals surface area (Å²) < 4.78 is 10.8. The molecular formula is C14H13ClO2. The van der Waals surface area contributed by atoms with Crippen molar-refractivity contribution in [2.24, 2.45) is 0 Å². The fraction of sp³-hybridized carbons (Fsp3) is 0.143. The molecule has 0 N–H and O–H groups in total. The van der Waals surface area contributed by atoms with E-state index in [9.17, 15) is 0 Å². The van der Waals surface area contributed by atoms with Crippen LogP contribution in [-0.4, -0.2) is 7.11 Å². The minimum Gasteiger partial charge on any atom is -0.497 e. The normalized spacial score (nSPS) is 10.1. The van der Waals surface area contributed by atoms with E-state index in [4.69, 9.17) is 21.1 Å². The molecule has 0 saturated heterocycles. The summed E-state index contributed by atoms with van der Waals surface area (Å²) in [7, 11) is 1.63. The number of rotatable bonds is 3. The van der Waals surface area contributed by atoms with Crippen LogP contribution in [0.3, 0.4) is 0 Å². The van der Waals surface area contributed by atoms with Gasteiger partial charge in [0, 0.05) is 0 Å². The molecule has 0 aliphatic heterocycles. The molecule has 3 heteroatoms. The van der Waals surface area contributed by atoms with E-state index >= 15 is 0 Å². The highest BCUT2D eigenvalue weighted by Gasteiger charge is 2.03. The van der Waals surface area contributed by atoms with Crippen LogP contribution in [0.2, 0.25) is 5.02 Å². The van der Waals surface area contributed by atoms with Crippen molar-refractivity contribution in [2.75, 3.05) is 7.11 Å². The topological polar surface area (TPSA) is 18.5 Å². The molecule has 0 aliphatic carbocycles. The first kappa shape index (κ1) is 11.8. The monoisotopic (exact) mass is 248 g/mol. The van der Waals surface area contributed by atoms with Gasteiger partial charge in [-0.25, -0.2) is 0 Å². The molecule has 0 amide bonds. The van der Waals surface area contributed by atoms with Crippen LogP contribution in [0.4, 0.5) is 0 Å². The molecule has 0 fully saturated rings. The second-order valence-electron chi connectivity index (χ2n) is 3.71. The zero-order valence-electron chi connectivity index (χ0n) is 9.74. The number of halogens is 1. The van der Waals surface area contributed by atoms with Crippen LogP contribution in [0.25, 0.3) is 0 Å². The zero-order chi connectivity index (χ0) is 12.3. The van der Waals surface area contributed by atoms with E-state index < -0.39 is 0 Å². The highest BCUT2D eigenvalue weighted by molar-refractivity contribution is 6.32. The fourth-order valence-electron chi connectivity index (χ4n) is 1.46. The van der Waals surface area contributed by atoms with Crippen LogP contribution in [-0.2, 0) is 0 Å². The number of aryl methyl sites for hydroxylation is 1. The quantitative estimate of drug-likeness (QED) is 0.799. The van der Waals surface area contributed by atoms with Crippen LogP contribution >= 0.6 is 11.6 Å². The first-order valence-corrected chi connectivity index (χ1v) is 5.65. The SMILES string of the molecule is COc1ccc(Oc2ccc(C)cc2Cl)cc1. The van der Waals surface area contributed by atoms with Gasteiger partial charge in [0.05, 0.1) is 12.1 Å². The Morgan fingerprint density at radius 2 is 1.59 bits per heavy atom. The van der Waals surface area contributed by atoms with Crippen molar-refractivity contribution in [3.05, 3.63) is 53.1 Å². The molecule has 0 bridgehead atoms. The smallest absolute Gasteiger partial charge is 0.146 e. The van der Waals surface area contributed by atoms with E-state index in [2.05, 4.69) is 0 Å². The summed E-state index contributed by atoms with van der Waals surface area (Å²) in [4.78, 5) is 0. The Bertz CT molecular complexity index is 506. The third-order valence-electron chi connectivity index (χ3n) is 2.37. The van der Waals surface area contributed by atoms with Crippen molar-refractivity contribution in [1.29, 1.82) is 0 Å². The maximum atomic E-state index is 6.09. The van der Waals surface area contributed by atoms with Gasteiger partial charge < -0.3 is 9.47 Å². The second-order valence-corrected chi connectivity index (χ2v) is 4.12. The summed E-state index contributed by atoms with van der Waals surface area (Å²) in [5.41, 5.74) is 1.11. The average Bonchev–Trinajstić information content (AvgIpc) is 2.34. The van der Waals surface area contributed by atoms with E-state index in [0.29, 0.717) is 10.8 Å². The molecule has 2 nitrogen and oxygen atoms in total. The molecule has 88 valence electrons. The molecule has 2 aromatic carbocycles. The van der Waals surface area contributed by atoms with Gasteiger partial charge in [-0.1, -0.05) is 17.7 Å². The third-order valence-corrected chi connectivity index (χ3v) is 2.67. The summed E-state index contributed by atoms with van der Waals surface area (Å²) in [6, 6.07) is 13.1. The summed E-state index contributed by atoms with van der Waals surface area (Å²) in [5, 5.41) is 0.612. The van der Waals surface area contributed by atoms with E-state index in [1.165, 1.54) is 0 Å². The molecule has 2 aromatic rings. The number of hydrogen-bond acceptors (Lipinski definition) is 2. The lowest BCUT2D eigenvalue weighted by molar-refractivity contribution is 0.413. The first-order valence-electron chi connectivity index (χ1n) is 5.27. The summed E-state index contributed by atoms with van der Waals surface area (Å²) >= 11 is 6.09. The van der Waals surface area contributed by atoms with E-state index in [1.54, 1.807) is 7.11 Å². The van der Waals surface area contributed by atoms with Crippen LogP contribution in [0.1, 0.15) is 5.56 Å². The molecule has 0 aliphatic rings. The van der Waals surface area contributed by atoms with Crippen molar-refractivity contribution in [3.63, 3.8) is 0 Å². The molecule has 0 heterocycles. The van der Waals surface area contributed by atoms with Crippen LogP contribution < -0.4 is 9.47 Å². The van der Waals surface area contributed by atoms with Crippen molar-refractivity contribution in [1.82, 2.24) is 0 Å². The van der Waals surface area contributed by atoms with E-state index in [-0.39, 0.29) is 0 Å². The number of ether oxygens (including phenoxy) is 2. The summed E-state index contributed by atoms with van der Waals surface area (Å²) in [6.45, 7) is 1.99. The molecule has 0 saturated carbocycles. The Hall–Kier alpha value is -1.67. The standard InChI is InChI=1S/C14H13ClO2/c1-10-3-8-14(13(15)9-10)17-12-6-4-11(16-2)5-7-12/h3-9H,1-2H3.